The summed E-state index contributed by atoms with van der Waals surface area (Å²) >= 11 is 0. The predicted molar refractivity (Wildman–Crippen MR) is 102 cm³/mol. The smallest absolute Gasteiger partial charge is 0.262 e. The molecule has 0 aromatic heterocycles. The number of amides is 2. The number of ether oxygens (including phenoxy) is 3. The van der Waals surface area contributed by atoms with Gasteiger partial charge in [0.05, 0.1) is 27.8 Å². The maximum Gasteiger partial charge on any atom is 0.262 e. The zero-order chi connectivity index (χ0) is 19.6. The van der Waals surface area contributed by atoms with E-state index in [1.54, 1.807) is 62.8 Å². The number of methoxy groups -OCH3 is 3. The molecule has 7 nitrogen and oxygen atoms in total. The Balaban J connectivity index is 1.84. The first-order valence-corrected chi connectivity index (χ1v) is 8.17. The zero-order valence-corrected chi connectivity index (χ0v) is 15.4. The molecule has 0 radical (unpaired) electrons. The van der Waals surface area contributed by atoms with Crippen LogP contribution in [0, 0.1) is 0 Å². The normalized spacial score (nSPS) is 10.3. The highest BCUT2D eigenvalue weighted by atomic mass is 16.5. The first kappa shape index (κ1) is 19.8. The van der Waals surface area contributed by atoms with Crippen molar-refractivity contribution in [1.82, 2.24) is 10.9 Å². The summed E-state index contributed by atoms with van der Waals surface area (Å²) in [6, 6.07) is 12.4. The molecule has 2 rings (SSSR count). The second kappa shape index (κ2) is 9.86. The van der Waals surface area contributed by atoms with Crippen molar-refractivity contribution in [1.29, 1.82) is 0 Å². The number of benzene rings is 2. The van der Waals surface area contributed by atoms with E-state index < -0.39 is 5.91 Å². The first-order valence-electron chi connectivity index (χ1n) is 8.17. The van der Waals surface area contributed by atoms with Crippen molar-refractivity contribution in [3.8, 4) is 17.2 Å². The van der Waals surface area contributed by atoms with Crippen molar-refractivity contribution in [2.75, 3.05) is 21.3 Å². The van der Waals surface area contributed by atoms with Gasteiger partial charge < -0.3 is 14.2 Å². The van der Waals surface area contributed by atoms with Gasteiger partial charge >= 0.3 is 0 Å². The fraction of sp³-hybridized carbons (Fsp3) is 0.200. The fourth-order valence-corrected chi connectivity index (χ4v) is 2.27. The minimum atomic E-state index is -0.451. The van der Waals surface area contributed by atoms with Gasteiger partial charge in [-0.05, 0) is 41.5 Å². The van der Waals surface area contributed by atoms with Gasteiger partial charge in [-0.1, -0.05) is 18.2 Å². The third-order valence-electron chi connectivity index (χ3n) is 3.68. The van der Waals surface area contributed by atoms with Gasteiger partial charge in [0.2, 0.25) is 5.91 Å². The molecule has 0 atom stereocenters. The molecule has 2 amide bonds. The molecule has 2 aromatic carbocycles. The molecule has 27 heavy (non-hydrogen) atoms. The highest BCUT2D eigenvalue weighted by Gasteiger charge is 2.06. The maximum absolute atomic E-state index is 11.9. The van der Waals surface area contributed by atoms with Crippen LogP contribution in [0.15, 0.2) is 48.5 Å². The Kier molecular flexibility index (Phi) is 7.25. The van der Waals surface area contributed by atoms with Crippen LogP contribution in [0.1, 0.15) is 11.1 Å². The van der Waals surface area contributed by atoms with E-state index in [1.807, 2.05) is 0 Å². The number of hydrazine groups is 1. The summed E-state index contributed by atoms with van der Waals surface area (Å²) in [5, 5.41) is 0. The van der Waals surface area contributed by atoms with Crippen LogP contribution in [-0.2, 0) is 16.0 Å². The van der Waals surface area contributed by atoms with Gasteiger partial charge in [0.15, 0.2) is 11.5 Å². The van der Waals surface area contributed by atoms with Crippen molar-refractivity contribution in [2.24, 2.45) is 0 Å². The van der Waals surface area contributed by atoms with Gasteiger partial charge in [-0.25, -0.2) is 0 Å². The molecule has 7 heteroatoms. The average Bonchev–Trinajstić information content (AvgIpc) is 2.71. The van der Waals surface area contributed by atoms with Gasteiger partial charge in [0.25, 0.3) is 5.91 Å². The van der Waals surface area contributed by atoms with Gasteiger partial charge in [-0.15, -0.1) is 0 Å². The molecule has 0 unspecified atom stereocenters. The van der Waals surface area contributed by atoms with Crippen molar-refractivity contribution in [3.63, 3.8) is 0 Å². The van der Waals surface area contributed by atoms with Crippen molar-refractivity contribution in [3.05, 3.63) is 59.7 Å². The summed E-state index contributed by atoms with van der Waals surface area (Å²) in [5.41, 5.74) is 6.28. The molecule has 0 aliphatic rings. The van der Waals surface area contributed by atoms with E-state index in [4.69, 9.17) is 14.2 Å². The Morgan fingerprint density at radius 3 is 2.22 bits per heavy atom. The molecule has 0 aliphatic carbocycles. The standard InChI is InChI=1S/C20H22N2O5/c1-25-16-8-4-15(5-9-16)13-20(24)22-21-19(23)11-7-14-6-10-17(26-2)18(12-14)27-3/h4-12H,13H2,1-3H3,(H,21,23)(H,22,24). The molecule has 0 saturated carbocycles. The fourth-order valence-electron chi connectivity index (χ4n) is 2.27. The monoisotopic (exact) mass is 370 g/mol. The lowest BCUT2D eigenvalue weighted by atomic mass is 10.1. The van der Waals surface area contributed by atoms with Crippen LogP contribution in [0.3, 0.4) is 0 Å². The Labute approximate surface area is 157 Å². The van der Waals surface area contributed by atoms with Crippen molar-refractivity contribution >= 4 is 17.9 Å². The van der Waals surface area contributed by atoms with Crippen LogP contribution >= 0.6 is 0 Å². The number of hydrogen-bond acceptors (Lipinski definition) is 5. The summed E-state index contributed by atoms with van der Waals surface area (Å²) in [6.45, 7) is 0. The van der Waals surface area contributed by atoms with Crippen LogP contribution in [0.25, 0.3) is 6.08 Å². The molecule has 0 aliphatic heterocycles. The van der Waals surface area contributed by atoms with E-state index in [1.165, 1.54) is 13.2 Å². The summed E-state index contributed by atoms with van der Waals surface area (Å²) in [7, 11) is 4.67. The Hall–Kier alpha value is -3.48. The topological polar surface area (TPSA) is 85.9 Å². The van der Waals surface area contributed by atoms with Crippen LogP contribution in [0.4, 0.5) is 0 Å². The first-order chi connectivity index (χ1) is 13.0. The van der Waals surface area contributed by atoms with Gasteiger partial charge in [0, 0.05) is 6.08 Å². The molecule has 0 bridgehead atoms. The second-order valence-electron chi connectivity index (χ2n) is 5.51. The van der Waals surface area contributed by atoms with E-state index in [2.05, 4.69) is 10.9 Å². The molecule has 2 aromatic rings. The van der Waals surface area contributed by atoms with Gasteiger partial charge in [-0.3, -0.25) is 20.4 Å². The van der Waals surface area contributed by atoms with Gasteiger partial charge in [-0.2, -0.15) is 0 Å². The van der Waals surface area contributed by atoms with E-state index in [-0.39, 0.29) is 12.3 Å². The average molecular weight is 370 g/mol. The number of carbonyl (C=O) groups is 2. The summed E-state index contributed by atoms with van der Waals surface area (Å²) in [6.07, 6.45) is 3.06. The van der Waals surface area contributed by atoms with Crippen LogP contribution < -0.4 is 25.1 Å². The SMILES string of the molecule is COc1ccc(CC(=O)NNC(=O)C=Cc2ccc(OC)c(OC)c2)cc1. The Bertz CT molecular complexity index is 816. The quantitative estimate of drug-likeness (QED) is 0.576. The summed E-state index contributed by atoms with van der Waals surface area (Å²) in [5.74, 6) is 1.10. The van der Waals surface area contributed by atoms with Gasteiger partial charge in [0.1, 0.15) is 5.75 Å². The lowest BCUT2D eigenvalue weighted by Gasteiger charge is -2.08. The summed E-state index contributed by atoms with van der Waals surface area (Å²) in [4.78, 5) is 23.7. The minimum Gasteiger partial charge on any atom is -0.497 e. The van der Waals surface area contributed by atoms with Crippen LogP contribution in [-0.4, -0.2) is 33.1 Å². The molecule has 0 heterocycles. The minimum absolute atomic E-state index is 0.143. The zero-order valence-electron chi connectivity index (χ0n) is 15.4. The molecule has 142 valence electrons. The van der Waals surface area contributed by atoms with E-state index >= 15 is 0 Å². The second-order valence-corrected chi connectivity index (χ2v) is 5.51. The third kappa shape index (κ3) is 6.07. The highest BCUT2D eigenvalue weighted by Crippen LogP contribution is 2.27. The number of hydrogen-bond donors (Lipinski definition) is 2. The Morgan fingerprint density at radius 1 is 0.889 bits per heavy atom. The van der Waals surface area contributed by atoms with E-state index in [9.17, 15) is 9.59 Å². The lowest BCUT2D eigenvalue weighted by Crippen LogP contribution is -2.41. The largest absolute Gasteiger partial charge is 0.497 e. The predicted octanol–water partition coefficient (Wildman–Crippen LogP) is 2.12. The molecule has 0 saturated heterocycles. The number of carbonyl (C=O) groups excluding carboxylic acids is 2. The maximum atomic E-state index is 11.9. The van der Waals surface area contributed by atoms with E-state index in [0.29, 0.717) is 17.2 Å². The molecule has 0 fully saturated rings. The summed E-state index contributed by atoms with van der Waals surface area (Å²) < 4.78 is 15.4. The molecule has 0 spiro atoms. The van der Waals surface area contributed by atoms with E-state index in [0.717, 1.165) is 11.1 Å². The van der Waals surface area contributed by atoms with Crippen LogP contribution in [0.2, 0.25) is 0 Å². The third-order valence-corrected chi connectivity index (χ3v) is 3.68. The molecule has 2 N–H and O–H groups in total. The van der Waals surface area contributed by atoms with Crippen molar-refractivity contribution < 1.29 is 23.8 Å². The lowest BCUT2D eigenvalue weighted by molar-refractivity contribution is -0.126. The number of rotatable bonds is 7. The highest BCUT2D eigenvalue weighted by molar-refractivity contribution is 5.93. The van der Waals surface area contributed by atoms with Crippen molar-refractivity contribution in [2.45, 2.75) is 6.42 Å². The molecular weight excluding hydrogens is 348 g/mol. The number of nitrogens with one attached hydrogen (secondary N) is 2. The Morgan fingerprint density at radius 2 is 1.59 bits per heavy atom. The molecular formula is C20H22N2O5. The van der Waals surface area contributed by atoms with Crippen LogP contribution in [0.5, 0.6) is 17.2 Å².